The highest BCUT2D eigenvalue weighted by Gasteiger charge is 2.15. The van der Waals surface area contributed by atoms with Crippen LogP contribution in [-0.4, -0.2) is 20.7 Å². The number of rotatable bonds is 5. The second kappa shape index (κ2) is 7.11. The highest BCUT2D eigenvalue weighted by molar-refractivity contribution is 7.71. The van der Waals surface area contributed by atoms with E-state index >= 15 is 0 Å². The van der Waals surface area contributed by atoms with Crippen LogP contribution < -0.4 is 5.32 Å². The lowest BCUT2D eigenvalue weighted by Gasteiger charge is -2.13. The normalized spacial score (nSPS) is 12.1. The molecule has 124 valence electrons. The number of hydrogen-bond donors (Lipinski definition) is 2. The van der Waals surface area contributed by atoms with Gasteiger partial charge in [0.15, 0.2) is 10.6 Å². The van der Waals surface area contributed by atoms with E-state index in [-0.39, 0.29) is 18.5 Å². The zero-order chi connectivity index (χ0) is 17.1. The van der Waals surface area contributed by atoms with Crippen LogP contribution in [0.25, 0.3) is 11.4 Å². The predicted octanol–water partition coefficient (Wildman–Crippen LogP) is 3.86. The number of carbonyl (C=O) groups is 1. The molecule has 0 saturated carbocycles. The molecule has 3 rings (SSSR count). The Balaban J connectivity index is 1.79. The van der Waals surface area contributed by atoms with Crippen LogP contribution in [0.3, 0.4) is 0 Å². The molecule has 1 unspecified atom stereocenters. The summed E-state index contributed by atoms with van der Waals surface area (Å²) in [5.74, 6) is 0.574. The first-order valence-corrected chi connectivity index (χ1v) is 8.88. The highest BCUT2D eigenvalue weighted by atomic mass is 32.1. The Morgan fingerprint density at radius 3 is 2.96 bits per heavy atom. The maximum Gasteiger partial charge on any atom is 0.240 e. The summed E-state index contributed by atoms with van der Waals surface area (Å²) in [5, 5.41) is 12.1. The number of thiophene rings is 1. The molecule has 2 heterocycles. The summed E-state index contributed by atoms with van der Waals surface area (Å²) in [6.07, 6.45) is 0. The molecule has 0 aliphatic rings. The van der Waals surface area contributed by atoms with Gasteiger partial charge in [-0.1, -0.05) is 29.8 Å². The van der Waals surface area contributed by atoms with Crippen molar-refractivity contribution < 1.29 is 4.79 Å². The molecule has 0 radical (unpaired) electrons. The number of aromatic amines is 1. The first kappa shape index (κ1) is 16.6. The third-order valence-corrected chi connectivity index (χ3v) is 5.05. The number of aromatic nitrogens is 3. The van der Waals surface area contributed by atoms with Crippen molar-refractivity contribution in [3.8, 4) is 11.4 Å². The van der Waals surface area contributed by atoms with Crippen LogP contribution in [0.2, 0.25) is 0 Å². The van der Waals surface area contributed by atoms with E-state index in [1.165, 1.54) is 0 Å². The number of aryl methyl sites for hydroxylation is 1. The van der Waals surface area contributed by atoms with E-state index < -0.39 is 0 Å². The monoisotopic (exact) mass is 358 g/mol. The molecule has 3 aromatic rings. The van der Waals surface area contributed by atoms with Crippen molar-refractivity contribution in [1.29, 1.82) is 0 Å². The molecule has 0 saturated heterocycles. The molecular formula is C17H18N4OS2. The Labute approximate surface area is 149 Å². The first-order valence-electron chi connectivity index (χ1n) is 7.59. The van der Waals surface area contributed by atoms with Gasteiger partial charge in [0.05, 0.1) is 6.04 Å². The van der Waals surface area contributed by atoms with Gasteiger partial charge in [-0.2, -0.15) is 5.10 Å². The molecule has 0 aliphatic heterocycles. The van der Waals surface area contributed by atoms with Crippen molar-refractivity contribution in [1.82, 2.24) is 20.1 Å². The molecule has 0 fully saturated rings. The number of hydrogen-bond acceptors (Lipinski definition) is 4. The highest BCUT2D eigenvalue weighted by Crippen LogP contribution is 2.20. The molecule has 1 atom stereocenters. The van der Waals surface area contributed by atoms with Gasteiger partial charge in [-0.25, -0.2) is 0 Å². The van der Waals surface area contributed by atoms with E-state index in [9.17, 15) is 4.79 Å². The van der Waals surface area contributed by atoms with Gasteiger partial charge in [0.2, 0.25) is 5.91 Å². The lowest BCUT2D eigenvalue weighted by atomic mass is 10.1. The number of benzene rings is 1. The second-order valence-electron chi connectivity index (χ2n) is 5.61. The average Bonchev–Trinajstić information content (AvgIpc) is 3.18. The molecule has 1 aromatic carbocycles. The molecule has 7 heteroatoms. The molecular weight excluding hydrogens is 340 g/mol. The Morgan fingerprint density at radius 1 is 1.42 bits per heavy atom. The lowest BCUT2D eigenvalue weighted by molar-refractivity contribution is -0.122. The van der Waals surface area contributed by atoms with Gasteiger partial charge in [-0.05, 0) is 43.6 Å². The standard InChI is InChI=1S/C17H18N4OS2/c1-11-5-3-6-13(9-11)16-19-20-17(23)21(16)10-15(22)18-12(2)14-7-4-8-24-14/h3-9,12H,10H2,1-2H3,(H,18,22)(H,20,23). The van der Waals surface area contributed by atoms with E-state index in [1.807, 2.05) is 55.6 Å². The van der Waals surface area contributed by atoms with E-state index in [0.29, 0.717) is 10.6 Å². The van der Waals surface area contributed by atoms with Crippen molar-refractivity contribution in [2.45, 2.75) is 26.4 Å². The van der Waals surface area contributed by atoms with Gasteiger partial charge < -0.3 is 5.32 Å². The van der Waals surface area contributed by atoms with Crippen LogP contribution in [0, 0.1) is 11.7 Å². The van der Waals surface area contributed by atoms with Gasteiger partial charge in [0.25, 0.3) is 0 Å². The minimum absolute atomic E-state index is 0.0269. The van der Waals surface area contributed by atoms with E-state index in [0.717, 1.165) is 16.0 Å². The van der Waals surface area contributed by atoms with Crippen LogP contribution in [0.1, 0.15) is 23.4 Å². The van der Waals surface area contributed by atoms with E-state index in [2.05, 4.69) is 15.5 Å². The Hall–Kier alpha value is -2.25. The van der Waals surface area contributed by atoms with Crippen molar-refractivity contribution in [2.75, 3.05) is 0 Å². The zero-order valence-corrected chi connectivity index (χ0v) is 15.1. The SMILES string of the molecule is Cc1cccc(-c2n[nH]c(=S)n2CC(=O)NC(C)c2cccs2)c1. The van der Waals surface area contributed by atoms with Crippen LogP contribution in [-0.2, 0) is 11.3 Å². The zero-order valence-electron chi connectivity index (χ0n) is 13.4. The van der Waals surface area contributed by atoms with Crippen LogP contribution in [0.15, 0.2) is 41.8 Å². The third-order valence-electron chi connectivity index (χ3n) is 3.68. The lowest BCUT2D eigenvalue weighted by Crippen LogP contribution is -2.30. The largest absolute Gasteiger partial charge is 0.347 e. The number of nitrogens with zero attached hydrogens (tertiary/aromatic N) is 2. The summed E-state index contributed by atoms with van der Waals surface area (Å²) in [6, 6.07) is 11.9. The molecule has 5 nitrogen and oxygen atoms in total. The number of carbonyl (C=O) groups excluding carboxylic acids is 1. The van der Waals surface area contributed by atoms with E-state index in [1.54, 1.807) is 15.9 Å². The van der Waals surface area contributed by atoms with Gasteiger partial charge >= 0.3 is 0 Å². The summed E-state index contributed by atoms with van der Waals surface area (Å²) < 4.78 is 2.16. The first-order chi connectivity index (χ1) is 11.5. The summed E-state index contributed by atoms with van der Waals surface area (Å²) in [5.41, 5.74) is 2.06. The quantitative estimate of drug-likeness (QED) is 0.681. The maximum absolute atomic E-state index is 12.4. The maximum atomic E-state index is 12.4. The molecule has 0 aliphatic carbocycles. The summed E-state index contributed by atoms with van der Waals surface area (Å²) in [7, 11) is 0. The van der Waals surface area contributed by atoms with Crippen molar-refractivity contribution in [3.05, 3.63) is 57.0 Å². The minimum Gasteiger partial charge on any atom is -0.347 e. The van der Waals surface area contributed by atoms with E-state index in [4.69, 9.17) is 12.2 Å². The van der Waals surface area contributed by atoms with Gasteiger partial charge in [0, 0.05) is 10.4 Å². The van der Waals surface area contributed by atoms with Crippen molar-refractivity contribution in [3.63, 3.8) is 0 Å². The summed E-state index contributed by atoms with van der Waals surface area (Å²) >= 11 is 6.91. The summed E-state index contributed by atoms with van der Waals surface area (Å²) in [4.78, 5) is 13.5. The van der Waals surface area contributed by atoms with Crippen LogP contribution in [0.4, 0.5) is 0 Å². The Bertz CT molecular complexity index is 895. The third kappa shape index (κ3) is 3.63. The summed E-state index contributed by atoms with van der Waals surface area (Å²) in [6.45, 7) is 4.12. The fraction of sp³-hybridized carbons (Fsp3) is 0.235. The van der Waals surface area contributed by atoms with Gasteiger partial charge in [0.1, 0.15) is 6.54 Å². The molecule has 1 amide bonds. The fourth-order valence-corrected chi connectivity index (χ4v) is 3.44. The Kier molecular flexibility index (Phi) is 4.92. The predicted molar refractivity (Wildman–Crippen MR) is 98.5 cm³/mol. The van der Waals surface area contributed by atoms with Crippen molar-refractivity contribution >= 4 is 29.5 Å². The smallest absolute Gasteiger partial charge is 0.240 e. The average molecular weight is 358 g/mol. The van der Waals surface area contributed by atoms with Gasteiger partial charge in [-0.15, -0.1) is 11.3 Å². The van der Waals surface area contributed by atoms with Gasteiger partial charge in [-0.3, -0.25) is 14.5 Å². The van der Waals surface area contributed by atoms with Crippen LogP contribution in [0.5, 0.6) is 0 Å². The second-order valence-corrected chi connectivity index (χ2v) is 6.98. The number of nitrogens with one attached hydrogen (secondary N) is 2. The molecule has 24 heavy (non-hydrogen) atoms. The number of amides is 1. The molecule has 2 N–H and O–H groups in total. The van der Waals surface area contributed by atoms with Crippen LogP contribution >= 0.6 is 23.6 Å². The molecule has 2 aromatic heterocycles. The fourth-order valence-electron chi connectivity index (χ4n) is 2.51. The Morgan fingerprint density at radius 2 is 2.25 bits per heavy atom. The molecule has 0 bridgehead atoms. The molecule has 0 spiro atoms. The topological polar surface area (TPSA) is 62.7 Å². The van der Waals surface area contributed by atoms with Crippen molar-refractivity contribution in [2.24, 2.45) is 0 Å². The minimum atomic E-state index is -0.0951. The number of H-pyrrole nitrogens is 1.